The first-order valence-corrected chi connectivity index (χ1v) is 6.18. The molecular weight excluding hydrogens is 234 g/mol. The van der Waals surface area contributed by atoms with Crippen LogP contribution in [0.4, 0.5) is 0 Å². The zero-order chi connectivity index (χ0) is 11.8. The molecule has 1 aromatic carbocycles. The number of aromatic nitrogens is 2. The number of fused-ring (bicyclic) bond motifs is 1. The molecule has 1 unspecified atom stereocenters. The minimum atomic E-state index is 0.237. The quantitative estimate of drug-likeness (QED) is 0.841. The molecule has 0 fully saturated rings. The third-order valence-corrected chi connectivity index (χ3v) is 3.60. The van der Waals surface area contributed by atoms with Crippen molar-refractivity contribution in [1.82, 2.24) is 9.55 Å². The monoisotopic (exact) mass is 247 g/mol. The second kappa shape index (κ2) is 4.17. The Balaban J connectivity index is 2.11. The Labute approximate surface area is 105 Å². The van der Waals surface area contributed by atoms with Gasteiger partial charge in [-0.3, -0.25) is 0 Å². The van der Waals surface area contributed by atoms with Crippen LogP contribution in [0.15, 0.2) is 30.6 Å². The van der Waals surface area contributed by atoms with Crippen molar-refractivity contribution in [2.45, 2.75) is 25.4 Å². The highest BCUT2D eigenvalue weighted by Gasteiger charge is 2.21. The highest BCUT2D eigenvalue weighted by molar-refractivity contribution is 6.33. The van der Waals surface area contributed by atoms with Gasteiger partial charge in [0.25, 0.3) is 0 Å². The van der Waals surface area contributed by atoms with E-state index in [0.717, 1.165) is 35.7 Å². The Morgan fingerprint density at radius 3 is 3.00 bits per heavy atom. The van der Waals surface area contributed by atoms with E-state index < -0.39 is 0 Å². The number of imidazole rings is 1. The molecule has 1 aromatic heterocycles. The lowest BCUT2D eigenvalue weighted by Crippen LogP contribution is -2.30. The Morgan fingerprint density at radius 2 is 2.18 bits per heavy atom. The van der Waals surface area contributed by atoms with Gasteiger partial charge >= 0.3 is 0 Å². The van der Waals surface area contributed by atoms with Crippen molar-refractivity contribution < 1.29 is 0 Å². The lowest BCUT2D eigenvalue weighted by molar-refractivity contribution is 0.472. The summed E-state index contributed by atoms with van der Waals surface area (Å²) in [5, 5.41) is 0.744. The van der Waals surface area contributed by atoms with E-state index in [0.29, 0.717) is 0 Å². The summed E-state index contributed by atoms with van der Waals surface area (Å²) in [5.41, 5.74) is 9.20. The molecule has 0 amide bonds. The molecule has 2 N–H and O–H groups in total. The van der Waals surface area contributed by atoms with Crippen LogP contribution in [0.25, 0.3) is 11.3 Å². The van der Waals surface area contributed by atoms with Gasteiger partial charge in [-0.05, 0) is 12.5 Å². The maximum Gasteiger partial charge on any atom is 0.0956 e. The van der Waals surface area contributed by atoms with Crippen molar-refractivity contribution >= 4 is 11.6 Å². The summed E-state index contributed by atoms with van der Waals surface area (Å²) in [6.07, 6.45) is 3.78. The topological polar surface area (TPSA) is 43.8 Å². The third kappa shape index (κ3) is 1.85. The fourth-order valence-electron chi connectivity index (χ4n) is 2.35. The van der Waals surface area contributed by atoms with E-state index in [4.69, 9.17) is 17.3 Å². The highest BCUT2D eigenvalue weighted by atomic mass is 35.5. The van der Waals surface area contributed by atoms with Crippen LogP contribution < -0.4 is 5.73 Å². The van der Waals surface area contributed by atoms with E-state index in [2.05, 4.69) is 9.55 Å². The second-order valence-corrected chi connectivity index (χ2v) is 4.87. The molecule has 2 aromatic rings. The third-order valence-electron chi connectivity index (χ3n) is 3.27. The van der Waals surface area contributed by atoms with Crippen molar-refractivity contribution in [3.8, 4) is 11.3 Å². The first-order valence-electron chi connectivity index (χ1n) is 5.80. The number of nitrogens with two attached hydrogens (primary N) is 1. The average Bonchev–Trinajstić information content (AvgIpc) is 2.72. The number of aryl methyl sites for hydroxylation is 1. The van der Waals surface area contributed by atoms with Crippen molar-refractivity contribution in [3.05, 3.63) is 41.3 Å². The number of rotatable bonds is 1. The highest BCUT2D eigenvalue weighted by Crippen LogP contribution is 2.31. The molecule has 0 saturated heterocycles. The van der Waals surface area contributed by atoms with Crippen LogP contribution in [0.1, 0.15) is 12.1 Å². The van der Waals surface area contributed by atoms with Crippen LogP contribution in [-0.4, -0.2) is 15.6 Å². The standard InChI is InChI=1S/C13H14ClN3/c14-11-4-2-1-3-10(11)13-12-7-9(15)5-6-17(12)8-16-13/h1-4,8-9H,5-7,15H2. The van der Waals surface area contributed by atoms with Crippen molar-refractivity contribution in [2.75, 3.05) is 0 Å². The molecule has 0 bridgehead atoms. The fourth-order valence-corrected chi connectivity index (χ4v) is 2.57. The molecule has 0 spiro atoms. The predicted octanol–water partition coefficient (Wildman–Crippen LogP) is 2.48. The Kier molecular flexibility index (Phi) is 2.65. The lowest BCUT2D eigenvalue weighted by Gasteiger charge is -2.21. The molecule has 3 nitrogen and oxygen atoms in total. The Hall–Kier alpha value is -1.32. The van der Waals surface area contributed by atoms with E-state index in [1.54, 1.807) is 0 Å². The second-order valence-electron chi connectivity index (χ2n) is 4.47. The number of benzene rings is 1. The van der Waals surface area contributed by atoms with Crippen molar-refractivity contribution in [3.63, 3.8) is 0 Å². The average molecular weight is 248 g/mol. The molecule has 88 valence electrons. The van der Waals surface area contributed by atoms with Gasteiger partial charge in [-0.15, -0.1) is 0 Å². The zero-order valence-corrected chi connectivity index (χ0v) is 10.2. The maximum absolute atomic E-state index is 6.21. The Morgan fingerprint density at radius 1 is 1.35 bits per heavy atom. The van der Waals surface area contributed by atoms with E-state index in [-0.39, 0.29) is 6.04 Å². The molecular formula is C13H14ClN3. The number of nitrogens with zero attached hydrogens (tertiary/aromatic N) is 2. The summed E-state index contributed by atoms with van der Waals surface area (Å²) in [4.78, 5) is 4.49. The molecule has 1 atom stereocenters. The fraction of sp³-hybridized carbons (Fsp3) is 0.308. The smallest absolute Gasteiger partial charge is 0.0956 e. The molecule has 0 saturated carbocycles. The summed E-state index contributed by atoms with van der Waals surface area (Å²) in [7, 11) is 0. The minimum Gasteiger partial charge on any atom is -0.334 e. The normalized spacial score (nSPS) is 19.1. The van der Waals surface area contributed by atoms with E-state index >= 15 is 0 Å². The van der Waals surface area contributed by atoms with Crippen molar-refractivity contribution in [1.29, 1.82) is 0 Å². The number of hydrogen-bond acceptors (Lipinski definition) is 2. The molecule has 17 heavy (non-hydrogen) atoms. The summed E-state index contributed by atoms with van der Waals surface area (Å²) in [6.45, 7) is 0.952. The zero-order valence-electron chi connectivity index (χ0n) is 9.44. The number of halogens is 1. The molecule has 2 heterocycles. The maximum atomic E-state index is 6.21. The van der Waals surface area contributed by atoms with Gasteiger partial charge in [-0.25, -0.2) is 4.98 Å². The molecule has 0 radical (unpaired) electrons. The van der Waals surface area contributed by atoms with Gasteiger partial charge in [0.2, 0.25) is 0 Å². The summed E-state index contributed by atoms with van der Waals surface area (Å²) >= 11 is 6.21. The van der Waals surface area contributed by atoms with Gasteiger partial charge < -0.3 is 10.3 Å². The molecule has 4 heteroatoms. The van der Waals surface area contributed by atoms with Crippen LogP contribution in [0.2, 0.25) is 5.02 Å². The van der Waals surface area contributed by atoms with Crippen LogP contribution in [0.3, 0.4) is 0 Å². The summed E-state index contributed by atoms with van der Waals surface area (Å²) < 4.78 is 2.18. The summed E-state index contributed by atoms with van der Waals surface area (Å²) in [5.74, 6) is 0. The van der Waals surface area contributed by atoms with Gasteiger partial charge in [0.1, 0.15) is 0 Å². The van der Waals surface area contributed by atoms with Gasteiger partial charge in [0, 0.05) is 30.3 Å². The summed E-state index contributed by atoms with van der Waals surface area (Å²) in [6, 6.07) is 8.05. The Bertz CT molecular complexity index is 547. The molecule has 1 aliphatic rings. The molecule has 1 aliphatic heterocycles. The van der Waals surface area contributed by atoms with Gasteiger partial charge in [-0.2, -0.15) is 0 Å². The first kappa shape index (κ1) is 10.8. The van der Waals surface area contributed by atoms with E-state index in [1.807, 2.05) is 30.6 Å². The molecule has 0 aliphatic carbocycles. The SMILES string of the molecule is NC1CCn2cnc(-c3ccccc3Cl)c2C1. The lowest BCUT2D eigenvalue weighted by atomic mass is 10.0. The van der Waals surface area contributed by atoms with Crippen LogP contribution >= 0.6 is 11.6 Å². The van der Waals surface area contributed by atoms with Gasteiger partial charge in [0.05, 0.1) is 17.0 Å². The van der Waals surface area contributed by atoms with Gasteiger partial charge in [0.15, 0.2) is 0 Å². The first-order chi connectivity index (χ1) is 8.25. The largest absolute Gasteiger partial charge is 0.334 e. The van der Waals surface area contributed by atoms with E-state index in [1.165, 1.54) is 5.69 Å². The van der Waals surface area contributed by atoms with Crippen molar-refractivity contribution in [2.24, 2.45) is 5.73 Å². The minimum absolute atomic E-state index is 0.237. The van der Waals surface area contributed by atoms with Gasteiger partial charge in [-0.1, -0.05) is 29.8 Å². The van der Waals surface area contributed by atoms with E-state index in [9.17, 15) is 0 Å². The predicted molar refractivity (Wildman–Crippen MR) is 69.0 cm³/mol. The number of hydrogen-bond donors (Lipinski definition) is 1. The van der Waals surface area contributed by atoms with Crippen LogP contribution in [-0.2, 0) is 13.0 Å². The molecule has 3 rings (SSSR count). The van der Waals surface area contributed by atoms with Crippen LogP contribution in [0, 0.1) is 0 Å². The van der Waals surface area contributed by atoms with Crippen LogP contribution in [0.5, 0.6) is 0 Å².